The first-order chi connectivity index (χ1) is 15.6. The maximum Gasteiger partial charge on any atom is 0.338 e. The number of rotatable bonds is 7. The molecule has 1 N–H and O–H groups in total. The molecule has 33 heavy (non-hydrogen) atoms. The first kappa shape index (κ1) is 24.9. The van der Waals surface area contributed by atoms with Crippen LogP contribution in [0.2, 0.25) is 0 Å². The van der Waals surface area contributed by atoms with E-state index in [-0.39, 0.29) is 18.4 Å². The van der Waals surface area contributed by atoms with Crippen molar-refractivity contribution in [3.05, 3.63) is 52.2 Å². The Kier molecular flexibility index (Phi) is 7.57. The molecule has 2 heterocycles. The van der Waals surface area contributed by atoms with Crippen LogP contribution in [0, 0.1) is 0 Å². The molecule has 8 heteroatoms. The lowest BCUT2D eigenvalue weighted by Crippen LogP contribution is -2.40. The van der Waals surface area contributed by atoms with E-state index in [1.807, 2.05) is 76.1 Å². The van der Waals surface area contributed by atoms with Crippen LogP contribution in [0.15, 0.2) is 51.6 Å². The minimum absolute atomic E-state index is 0.0682. The van der Waals surface area contributed by atoms with Crippen LogP contribution >= 0.6 is 11.8 Å². The topological polar surface area (TPSA) is 80.2 Å². The molecule has 0 saturated carbocycles. The van der Waals surface area contributed by atoms with Crippen LogP contribution < -0.4 is 10.1 Å². The highest BCUT2D eigenvalue weighted by atomic mass is 32.2. The summed E-state index contributed by atoms with van der Waals surface area (Å²) in [5, 5.41) is 5.68. The molecule has 1 aromatic carbocycles. The van der Waals surface area contributed by atoms with Gasteiger partial charge in [0.1, 0.15) is 11.4 Å². The minimum Gasteiger partial charge on any atom is -0.496 e. The summed E-state index contributed by atoms with van der Waals surface area (Å²) in [4.78, 5) is 32.8. The summed E-state index contributed by atoms with van der Waals surface area (Å²) < 4.78 is 11.4. The molecule has 0 unspecified atom stereocenters. The van der Waals surface area contributed by atoms with E-state index in [1.54, 1.807) is 7.11 Å². The third-order valence-electron chi connectivity index (χ3n) is 5.41. The fourth-order valence-corrected chi connectivity index (χ4v) is 4.71. The number of amides is 1. The van der Waals surface area contributed by atoms with Gasteiger partial charge in [-0.15, -0.1) is 0 Å². The van der Waals surface area contributed by atoms with Gasteiger partial charge in [0, 0.05) is 17.3 Å². The van der Waals surface area contributed by atoms with Gasteiger partial charge in [-0.05, 0) is 52.5 Å². The quantitative estimate of drug-likeness (QED) is 0.569. The van der Waals surface area contributed by atoms with Gasteiger partial charge >= 0.3 is 5.97 Å². The largest absolute Gasteiger partial charge is 0.496 e. The van der Waals surface area contributed by atoms with Crippen LogP contribution in [-0.2, 0) is 14.3 Å². The number of amidine groups is 1. The smallest absolute Gasteiger partial charge is 0.338 e. The highest BCUT2D eigenvalue weighted by Crippen LogP contribution is 2.47. The molecule has 0 spiro atoms. The Labute approximate surface area is 200 Å². The lowest BCUT2D eigenvalue weighted by molar-refractivity contribution is -0.150. The lowest BCUT2D eigenvalue weighted by atomic mass is 9.93. The van der Waals surface area contributed by atoms with Crippen molar-refractivity contribution in [1.82, 2.24) is 10.2 Å². The summed E-state index contributed by atoms with van der Waals surface area (Å²) in [6.07, 6.45) is 1.03. The zero-order valence-corrected chi connectivity index (χ0v) is 21.2. The van der Waals surface area contributed by atoms with Gasteiger partial charge in [-0.1, -0.05) is 36.9 Å². The molecule has 0 aromatic heterocycles. The summed E-state index contributed by atoms with van der Waals surface area (Å²) in [5.41, 5.74) is 1.97. The third-order valence-corrected chi connectivity index (χ3v) is 6.30. The van der Waals surface area contributed by atoms with Gasteiger partial charge in [-0.3, -0.25) is 4.79 Å². The molecule has 0 aliphatic carbocycles. The van der Waals surface area contributed by atoms with Gasteiger partial charge < -0.3 is 19.7 Å². The SMILES string of the molecule is CC[C@@H](C)NC(=O)CC1=CSC2=NC(C)=C(C(=O)OC(C)(C)C)[C@H](c3ccccc3OC)N12. The van der Waals surface area contributed by atoms with Crippen LogP contribution in [0.4, 0.5) is 0 Å². The van der Waals surface area contributed by atoms with E-state index in [1.165, 1.54) is 11.8 Å². The lowest BCUT2D eigenvalue weighted by Gasteiger charge is -2.37. The van der Waals surface area contributed by atoms with Crippen LogP contribution in [0.3, 0.4) is 0 Å². The molecule has 0 bridgehead atoms. The molecular formula is C25H33N3O4S. The Morgan fingerprint density at radius 1 is 1.27 bits per heavy atom. The van der Waals surface area contributed by atoms with Gasteiger partial charge in [-0.2, -0.15) is 0 Å². The zero-order chi connectivity index (χ0) is 24.3. The monoisotopic (exact) mass is 471 g/mol. The number of nitrogens with one attached hydrogen (secondary N) is 1. The van der Waals surface area contributed by atoms with Crippen molar-refractivity contribution < 1.29 is 19.1 Å². The number of hydrogen-bond donors (Lipinski definition) is 1. The molecular weight excluding hydrogens is 438 g/mol. The predicted octanol–water partition coefficient (Wildman–Crippen LogP) is 4.92. The van der Waals surface area contributed by atoms with Gasteiger partial charge in [0.15, 0.2) is 5.17 Å². The molecule has 1 aromatic rings. The molecule has 2 aliphatic heterocycles. The number of allylic oxidation sites excluding steroid dienone is 1. The Morgan fingerprint density at radius 2 is 1.97 bits per heavy atom. The standard InChI is InChI=1S/C25H33N3O4S/c1-8-15(2)26-20(29)13-17-14-33-24-27-16(3)21(23(30)32-25(4,5)6)22(28(17)24)18-11-9-10-12-19(18)31-7/h9-12,14-15,22H,8,13H2,1-7H3,(H,26,29)/t15-,22+/m1/s1. The number of carbonyl (C=O) groups excluding carboxylic acids is 2. The molecule has 7 nitrogen and oxygen atoms in total. The number of fused-ring (bicyclic) bond motifs is 1. The van der Waals surface area contributed by atoms with Crippen molar-refractivity contribution in [3.63, 3.8) is 0 Å². The van der Waals surface area contributed by atoms with Crippen LogP contribution in [0.25, 0.3) is 0 Å². The van der Waals surface area contributed by atoms with E-state index in [0.29, 0.717) is 17.0 Å². The number of carbonyl (C=O) groups is 2. The van der Waals surface area contributed by atoms with Gasteiger partial charge in [-0.25, -0.2) is 9.79 Å². The Balaban J connectivity index is 2.06. The van der Waals surface area contributed by atoms with E-state index in [9.17, 15) is 9.59 Å². The molecule has 0 fully saturated rings. The predicted molar refractivity (Wildman–Crippen MR) is 132 cm³/mol. The number of methoxy groups -OCH3 is 1. The number of benzene rings is 1. The Morgan fingerprint density at radius 3 is 2.61 bits per heavy atom. The maximum atomic E-state index is 13.4. The number of nitrogens with zero attached hydrogens (tertiary/aromatic N) is 2. The number of para-hydroxylation sites is 1. The third kappa shape index (κ3) is 5.61. The zero-order valence-electron chi connectivity index (χ0n) is 20.4. The molecule has 0 saturated heterocycles. The van der Waals surface area contributed by atoms with Gasteiger partial charge in [0.05, 0.1) is 30.8 Å². The summed E-state index contributed by atoms with van der Waals surface area (Å²) >= 11 is 1.45. The highest BCUT2D eigenvalue weighted by Gasteiger charge is 2.43. The van der Waals surface area contributed by atoms with Crippen molar-refractivity contribution in [2.24, 2.45) is 4.99 Å². The molecule has 178 valence electrons. The number of ether oxygens (including phenoxy) is 2. The number of hydrogen-bond acceptors (Lipinski definition) is 7. The minimum atomic E-state index is -0.658. The van der Waals surface area contributed by atoms with E-state index in [2.05, 4.69) is 5.32 Å². The van der Waals surface area contributed by atoms with E-state index >= 15 is 0 Å². The first-order valence-electron chi connectivity index (χ1n) is 11.2. The average molecular weight is 472 g/mol. The molecule has 0 radical (unpaired) electrons. The van der Waals surface area contributed by atoms with Gasteiger partial charge in [0.2, 0.25) is 5.91 Å². The summed E-state index contributed by atoms with van der Waals surface area (Å²) in [6.45, 7) is 11.4. The number of esters is 1. The van der Waals surface area contributed by atoms with Crippen LogP contribution in [-0.4, -0.2) is 40.7 Å². The van der Waals surface area contributed by atoms with Crippen molar-refractivity contribution >= 4 is 28.8 Å². The number of thioether (sulfide) groups is 1. The second-order valence-corrected chi connectivity index (χ2v) is 10.0. The molecule has 2 atom stereocenters. The Hall–Kier alpha value is -2.74. The molecule has 3 rings (SSSR count). The van der Waals surface area contributed by atoms with Crippen LogP contribution in [0.5, 0.6) is 5.75 Å². The van der Waals surface area contributed by atoms with E-state index in [0.717, 1.165) is 22.8 Å². The highest BCUT2D eigenvalue weighted by molar-refractivity contribution is 8.16. The fraction of sp³-hybridized carbons (Fsp3) is 0.480. The normalized spacial score (nSPS) is 18.9. The summed E-state index contributed by atoms with van der Waals surface area (Å²) in [7, 11) is 1.61. The number of aliphatic imine (C=N–C) groups is 1. The van der Waals surface area contributed by atoms with Crippen molar-refractivity contribution in [2.75, 3.05) is 7.11 Å². The van der Waals surface area contributed by atoms with Crippen LogP contribution in [0.1, 0.15) is 66.0 Å². The maximum absolute atomic E-state index is 13.4. The Bertz CT molecular complexity index is 1020. The second-order valence-electron chi connectivity index (χ2n) is 9.19. The summed E-state index contributed by atoms with van der Waals surface area (Å²) in [6, 6.07) is 7.16. The van der Waals surface area contributed by atoms with Gasteiger partial charge in [0.25, 0.3) is 0 Å². The summed E-state index contributed by atoms with van der Waals surface area (Å²) in [5.74, 6) is 0.151. The first-order valence-corrected chi connectivity index (χ1v) is 12.0. The average Bonchev–Trinajstić information content (AvgIpc) is 3.12. The molecule has 2 aliphatic rings. The van der Waals surface area contributed by atoms with E-state index < -0.39 is 17.6 Å². The molecule has 1 amide bonds. The fourth-order valence-electron chi connectivity index (χ4n) is 3.74. The van der Waals surface area contributed by atoms with Crippen molar-refractivity contribution in [3.8, 4) is 5.75 Å². The van der Waals surface area contributed by atoms with Crippen molar-refractivity contribution in [1.29, 1.82) is 0 Å². The van der Waals surface area contributed by atoms with Crippen molar-refractivity contribution in [2.45, 2.75) is 72.1 Å². The second kappa shape index (κ2) is 10.0. The van der Waals surface area contributed by atoms with E-state index in [4.69, 9.17) is 14.5 Å².